The average molecular weight is 819 g/mol. The van der Waals surface area contributed by atoms with Crippen LogP contribution in [0.25, 0.3) is 5.69 Å². The molecule has 3 aromatic carbocycles. The number of benzene rings is 3. The first kappa shape index (κ1) is 37.4. The topological polar surface area (TPSA) is 118 Å². The molecule has 0 radical (unpaired) electrons. The summed E-state index contributed by atoms with van der Waals surface area (Å²) in [7, 11) is 0. The van der Waals surface area contributed by atoms with Gasteiger partial charge in [0.1, 0.15) is 23.9 Å². The predicted octanol–water partition coefficient (Wildman–Crippen LogP) is 9.43. The zero-order chi connectivity index (χ0) is 34.7. The number of carbonyl (C=O) groups excluding carboxylic acids is 1. The van der Waals surface area contributed by atoms with E-state index in [9.17, 15) is 10.1 Å². The van der Waals surface area contributed by atoms with Crippen molar-refractivity contribution in [3.63, 3.8) is 0 Å². The number of para-hydroxylation sites is 2. The van der Waals surface area contributed by atoms with E-state index in [1.807, 2.05) is 94.4 Å². The van der Waals surface area contributed by atoms with Crippen LogP contribution in [-0.4, -0.2) is 33.9 Å². The molecular weight excluding hydrogens is 783 g/mol. The fourth-order valence-corrected chi connectivity index (χ4v) is 7.30. The van der Waals surface area contributed by atoms with Gasteiger partial charge < -0.3 is 14.0 Å². The number of halogens is 2. The van der Waals surface area contributed by atoms with E-state index in [-0.39, 0.29) is 29.2 Å². The van der Waals surface area contributed by atoms with Gasteiger partial charge in [-0.1, -0.05) is 68.5 Å². The van der Waals surface area contributed by atoms with Gasteiger partial charge in [0.05, 0.1) is 28.2 Å². The van der Waals surface area contributed by atoms with Crippen molar-refractivity contribution in [1.29, 1.82) is 5.26 Å². The summed E-state index contributed by atoms with van der Waals surface area (Å²) in [5.74, 6) is 0.683. The van der Waals surface area contributed by atoms with Crippen LogP contribution in [-0.2, 0) is 30.4 Å². The van der Waals surface area contributed by atoms with E-state index in [0.29, 0.717) is 30.3 Å². The molecule has 0 unspecified atom stereocenters. The molecule has 5 rings (SSSR count). The maximum absolute atomic E-state index is 12.7. The fraction of sp³-hybridized carbons (Fsp3) is 0.294. The van der Waals surface area contributed by atoms with E-state index >= 15 is 0 Å². The normalized spacial score (nSPS) is 16.7. The van der Waals surface area contributed by atoms with Crippen molar-refractivity contribution in [1.82, 2.24) is 14.8 Å². The molecule has 1 aliphatic carbocycles. The summed E-state index contributed by atoms with van der Waals surface area (Å²) in [6.07, 6.45) is 2.52. The molecular formula is C34H35Br2N4O6PS. The van der Waals surface area contributed by atoms with Gasteiger partial charge in [0, 0.05) is 17.4 Å². The lowest BCUT2D eigenvalue weighted by atomic mass is 10.1. The van der Waals surface area contributed by atoms with Crippen molar-refractivity contribution in [2.45, 2.75) is 33.8 Å². The Morgan fingerprint density at radius 2 is 1.65 bits per heavy atom. The van der Waals surface area contributed by atoms with E-state index in [2.05, 4.69) is 48.0 Å². The number of nitriles is 1. The molecule has 1 fully saturated rings. The minimum atomic E-state index is -2.82. The summed E-state index contributed by atoms with van der Waals surface area (Å²) in [6.45, 7) is 5.69. The summed E-state index contributed by atoms with van der Waals surface area (Å²) in [5.41, 5.74) is 1.26. The van der Waals surface area contributed by atoms with E-state index < -0.39 is 12.8 Å². The standard InChI is InChI=1S/C22H19Br2NO3.C12H16N3O3PS/c1-22(2)17(12-19(23)24)20(22)21(26)28-18(13-25)14-7-6-10-16(11-14)27-15-8-4-3-5-9-15;1-3-16-19(20,17-4-2)18-12-13-10-15(14-12)11-8-6-5-7-9-11/h3-12,17-18,20H,1-2H3;5-10H,3-4H2,1-2H3/t17-,18+,20-;/m0./s1. The number of ether oxygens (including phenoxy) is 2. The van der Waals surface area contributed by atoms with Crippen molar-refractivity contribution in [2.75, 3.05) is 13.2 Å². The van der Waals surface area contributed by atoms with E-state index in [0.717, 1.165) is 9.08 Å². The summed E-state index contributed by atoms with van der Waals surface area (Å²) in [6, 6.07) is 28.2. The first-order valence-electron chi connectivity index (χ1n) is 15.0. The maximum atomic E-state index is 12.7. The summed E-state index contributed by atoms with van der Waals surface area (Å²) >= 11 is 11.9. The Labute approximate surface area is 302 Å². The fourth-order valence-electron chi connectivity index (χ4n) is 4.80. The van der Waals surface area contributed by atoms with Crippen molar-refractivity contribution in [2.24, 2.45) is 17.3 Å². The average Bonchev–Trinajstić information content (AvgIpc) is 3.34. The number of allylic oxidation sites excluding steroid dienone is 1. The Balaban J connectivity index is 0.000000229. The first-order valence-corrected chi connectivity index (χ1v) is 19.2. The van der Waals surface area contributed by atoms with Crippen LogP contribution < -0.4 is 9.26 Å². The molecule has 0 saturated heterocycles. The molecule has 0 bridgehead atoms. The second-order valence-electron chi connectivity index (χ2n) is 10.9. The number of aromatic nitrogens is 3. The Morgan fingerprint density at radius 3 is 2.25 bits per heavy atom. The molecule has 1 saturated carbocycles. The second-order valence-corrected chi connectivity index (χ2v) is 16.6. The number of hydrogen-bond acceptors (Lipinski definition) is 10. The highest BCUT2D eigenvalue weighted by atomic mass is 79.9. The lowest BCUT2D eigenvalue weighted by Crippen LogP contribution is -2.14. The van der Waals surface area contributed by atoms with Crippen molar-refractivity contribution < 1.29 is 27.8 Å². The van der Waals surface area contributed by atoms with Gasteiger partial charge in [-0.15, -0.1) is 5.10 Å². The van der Waals surface area contributed by atoms with Crippen LogP contribution in [0, 0.1) is 28.6 Å². The zero-order valence-corrected chi connectivity index (χ0v) is 31.6. The smallest absolute Gasteiger partial charge is 0.382 e. The quantitative estimate of drug-likeness (QED) is 0.0954. The van der Waals surface area contributed by atoms with Gasteiger partial charge in [-0.25, -0.2) is 4.68 Å². The van der Waals surface area contributed by atoms with Crippen molar-refractivity contribution in [3.05, 3.63) is 106 Å². The van der Waals surface area contributed by atoms with Crippen LogP contribution in [0.15, 0.2) is 101 Å². The van der Waals surface area contributed by atoms with Crippen molar-refractivity contribution in [3.8, 4) is 29.3 Å². The van der Waals surface area contributed by atoms with E-state index in [1.54, 1.807) is 35.3 Å². The van der Waals surface area contributed by atoms with Crippen molar-refractivity contribution >= 4 is 56.4 Å². The number of esters is 1. The van der Waals surface area contributed by atoms with Gasteiger partial charge in [0.2, 0.25) is 6.10 Å². The molecule has 14 heteroatoms. The van der Waals surface area contributed by atoms with E-state index in [1.165, 1.54) is 0 Å². The van der Waals surface area contributed by atoms with Crippen LogP contribution in [0.4, 0.5) is 0 Å². The molecule has 1 aliphatic rings. The van der Waals surface area contributed by atoms with Gasteiger partial charge in [0.15, 0.2) is 0 Å². The Kier molecular flexibility index (Phi) is 13.5. The highest BCUT2D eigenvalue weighted by Gasteiger charge is 2.61. The number of hydrogen-bond donors (Lipinski definition) is 0. The third-order valence-electron chi connectivity index (χ3n) is 7.22. The molecule has 48 heavy (non-hydrogen) atoms. The molecule has 0 spiro atoms. The molecule has 3 atom stereocenters. The zero-order valence-electron chi connectivity index (χ0n) is 26.7. The molecule has 0 N–H and O–H groups in total. The summed E-state index contributed by atoms with van der Waals surface area (Å²) in [4.78, 5) is 16.7. The van der Waals surface area contributed by atoms with E-state index in [4.69, 9.17) is 34.9 Å². The number of rotatable bonds is 13. The SMILES string of the molecule is CC1(C)[C@H](C(=O)O[C@H](C#N)c2cccc(Oc3ccccc3)c2)[C@@H]1C=C(Br)Br.CCOP(=S)(OCC)Oc1ncn(-c2ccccc2)n1. The molecule has 252 valence electrons. The number of nitrogens with zero attached hydrogens (tertiary/aromatic N) is 4. The molecule has 1 aromatic heterocycles. The molecule has 0 amide bonds. The Hall–Kier alpha value is -3.37. The lowest BCUT2D eigenvalue weighted by Gasteiger charge is -2.18. The molecule has 4 aromatic rings. The highest BCUT2D eigenvalue weighted by molar-refractivity contribution is 9.28. The first-order chi connectivity index (χ1) is 23.0. The largest absolute Gasteiger partial charge is 0.457 e. The monoisotopic (exact) mass is 816 g/mol. The minimum Gasteiger partial charge on any atom is -0.457 e. The Morgan fingerprint density at radius 1 is 1.02 bits per heavy atom. The molecule has 1 heterocycles. The van der Waals surface area contributed by atoms with Gasteiger partial charge >= 0.3 is 18.7 Å². The van der Waals surface area contributed by atoms with Gasteiger partial charge in [-0.3, -0.25) is 13.8 Å². The van der Waals surface area contributed by atoms with Gasteiger partial charge in [0.25, 0.3) is 0 Å². The van der Waals surface area contributed by atoms with Crippen LogP contribution in [0.2, 0.25) is 0 Å². The molecule has 10 nitrogen and oxygen atoms in total. The van der Waals surface area contributed by atoms with Gasteiger partial charge in [-0.2, -0.15) is 10.2 Å². The van der Waals surface area contributed by atoms with Gasteiger partial charge in [-0.05, 0) is 93.4 Å². The van der Waals surface area contributed by atoms with Crippen LogP contribution >= 0.6 is 38.6 Å². The highest BCUT2D eigenvalue weighted by Crippen LogP contribution is 2.60. The lowest BCUT2D eigenvalue weighted by molar-refractivity contribution is -0.149. The third-order valence-corrected chi connectivity index (χ3v) is 10.1. The van der Waals surface area contributed by atoms with Crippen LogP contribution in [0.3, 0.4) is 0 Å². The third kappa shape index (κ3) is 10.3. The number of carbonyl (C=O) groups is 1. The summed E-state index contributed by atoms with van der Waals surface area (Å²) < 4.78 is 30.0. The Bertz CT molecular complexity index is 1770. The second kappa shape index (κ2) is 17.3. The molecule has 0 aliphatic heterocycles. The minimum absolute atomic E-state index is 0.0563. The maximum Gasteiger partial charge on any atom is 0.382 e. The van der Waals surface area contributed by atoms with Crippen LogP contribution in [0.1, 0.15) is 39.4 Å². The van der Waals surface area contributed by atoms with Crippen LogP contribution in [0.5, 0.6) is 17.5 Å². The predicted molar refractivity (Wildman–Crippen MR) is 194 cm³/mol. The summed E-state index contributed by atoms with van der Waals surface area (Å²) in [5, 5.41) is 13.8.